The maximum atomic E-state index is 2.64. The lowest BCUT2D eigenvalue weighted by Gasteiger charge is -2.41. The summed E-state index contributed by atoms with van der Waals surface area (Å²) in [5, 5.41) is 0. The topological polar surface area (TPSA) is 0 Å². The Morgan fingerprint density at radius 3 is 1.82 bits per heavy atom. The molecule has 194 valence electrons. The lowest BCUT2D eigenvalue weighted by molar-refractivity contribution is 0.104. The van der Waals surface area contributed by atoms with E-state index in [0.717, 1.165) is 41.4 Å². The van der Waals surface area contributed by atoms with E-state index < -0.39 is 0 Å². The molecular weight excluding hydrogens is 408 g/mol. The Kier molecular flexibility index (Phi) is 12.6. The van der Waals surface area contributed by atoms with Crippen LogP contribution in [-0.2, 0) is 0 Å². The highest BCUT2D eigenvalue weighted by atomic mass is 14.4. The van der Waals surface area contributed by atoms with Crippen molar-refractivity contribution < 1.29 is 0 Å². The summed E-state index contributed by atoms with van der Waals surface area (Å²) in [7, 11) is 0. The summed E-state index contributed by atoms with van der Waals surface area (Å²) in [4.78, 5) is 0. The second-order valence-electron chi connectivity index (χ2n) is 12.5. The molecule has 34 heavy (non-hydrogen) atoms. The average Bonchev–Trinajstić information content (AvgIpc) is 2.89. The van der Waals surface area contributed by atoms with Crippen LogP contribution in [0.1, 0.15) is 148 Å². The van der Waals surface area contributed by atoms with Gasteiger partial charge in [-0.15, -0.1) is 0 Å². The van der Waals surface area contributed by atoms with Crippen LogP contribution in [0, 0.1) is 35.5 Å². The van der Waals surface area contributed by atoms with Crippen molar-refractivity contribution in [3.05, 3.63) is 35.9 Å². The van der Waals surface area contributed by atoms with Gasteiger partial charge in [0.05, 0.1) is 0 Å². The van der Waals surface area contributed by atoms with Gasteiger partial charge in [-0.2, -0.15) is 0 Å². The van der Waals surface area contributed by atoms with Crippen molar-refractivity contribution in [1.29, 1.82) is 0 Å². The molecule has 0 heteroatoms. The van der Waals surface area contributed by atoms with E-state index in [1.54, 1.807) is 5.56 Å². The first-order valence-corrected chi connectivity index (χ1v) is 15.7. The lowest BCUT2D eigenvalue weighted by atomic mass is 9.64. The van der Waals surface area contributed by atoms with Gasteiger partial charge in [0.2, 0.25) is 0 Å². The van der Waals surface area contributed by atoms with Crippen molar-refractivity contribution in [1.82, 2.24) is 0 Å². The van der Waals surface area contributed by atoms with Gasteiger partial charge in [-0.05, 0) is 91.9 Å². The zero-order chi connectivity index (χ0) is 24.2. The molecule has 1 aromatic rings. The van der Waals surface area contributed by atoms with E-state index in [-0.39, 0.29) is 0 Å². The fourth-order valence-corrected chi connectivity index (χ4v) is 7.82. The molecule has 0 N–H and O–H groups in total. The number of hydrogen-bond acceptors (Lipinski definition) is 0. The summed E-state index contributed by atoms with van der Waals surface area (Å²) in [5.74, 6) is 6.58. The molecule has 0 bridgehead atoms. The predicted molar refractivity (Wildman–Crippen MR) is 151 cm³/mol. The number of hydrogen-bond donors (Lipinski definition) is 0. The third-order valence-corrected chi connectivity index (χ3v) is 10.4. The van der Waals surface area contributed by atoms with Crippen LogP contribution >= 0.6 is 0 Å². The molecule has 3 atom stereocenters. The Labute approximate surface area is 214 Å². The smallest absolute Gasteiger partial charge is 0.0134 e. The predicted octanol–water partition coefficient (Wildman–Crippen LogP) is 11.2. The van der Waals surface area contributed by atoms with E-state index in [9.17, 15) is 0 Å². The van der Waals surface area contributed by atoms with Crippen molar-refractivity contribution in [2.75, 3.05) is 0 Å². The highest BCUT2D eigenvalue weighted by Gasteiger charge is 2.35. The molecular formula is C34H58. The van der Waals surface area contributed by atoms with Crippen LogP contribution in [0.5, 0.6) is 0 Å². The van der Waals surface area contributed by atoms with Crippen LogP contribution in [0.25, 0.3) is 0 Å². The van der Waals surface area contributed by atoms with Crippen molar-refractivity contribution in [3.63, 3.8) is 0 Å². The molecule has 1 aromatic carbocycles. The Morgan fingerprint density at radius 2 is 1.21 bits per heavy atom. The van der Waals surface area contributed by atoms with Gasteiger partial charge in [0.15, 0.2) is 0 Å². The fourth-order valence-electron chi connectivity index (χ4n) is 7.82. The molecule has 0 heterocycles. The van der Waals surface area contributed by atoms with Gasteiger partial charge in [0.25, 0.3) is 0 Å². The van der Waals surface area contributed by atoms with Crippen LogP contribution in [0.4, 0.5) is 0 Å². The first-order valence-electron chi connectivity index (χ1n) is 15.7. The van der Waals surface area contributed by atoms with Crippen LogP contribution in [0.15, 0.2) is 30.3 Å². The van der Waals surface area contributed by atoms with Gasteiger partial charge < -0.3 is 0 Å². The van der Waals surface area contributed by atoms with Crippen molar-refractivity contribution in [2.24, 2.45) is 35.5 Å². The quantitative estimate of drug-likeness (QED) is 0.239. The molecule has 2 aliphatic carbocycles. The van der Waals surface area contributed by atoms with E-state index >= 15 is 0 Å². The largest absolute Gasteiger partial charge is 0.0654 e. The summed E-state index contributed by atoms with van der Waals surface area (Å²) in [6, 6.07) is 11.5. The van der Waals surface area contributed by atoms with Crippen molar-refractivity contribution in [3.8, 4) is 0 Å². The second-order valence-corrected chi connectivity index (χ2v) is 12.5. The molecule has 2 fully saturated rings. The Bertz CT molecular complexity index is 617. The van der Waals surface area contributed by atoms with Crippen molar-refractivity contribution in [2.45, 2.75) is 143 Å². The monoisotopic (exact) mass is 466 g/mol. The number of rotatable bonds is 14. The molecule has 2 aliphatic rings. The van der Waals surface area contributed by atoms with Crippen LogP contribution in [-0.4, -0.2) is 0 Å². The van der Waals surface area contributed by atoms with Gasteiger partial charge in [-0.1, -0.05) is 122 Å². The highest BCUT2D eigenvalue weighted by molar-refractivity contribution is 5.20. The minimum atomic E-state index is 0.764. The summed E-state index contributed by atoms with van der Waals surface area (Å²) < 4.78 is 0. The molecule has 3 rings (SSSR count). The minimum absolute atomic E-state index is 0.764. The Balaban J connectivity index is 1.46. The second kappa shape index (κ2) is 15.4. The third-order valence-electron chi connectivity index (χ3n) is 10.4. The molecule has 2 saturated carbocycles. The maximum absolute atomic E-state index is 2.64. The summed E-state index contributed by atoms with van der Waals surface area (Å²) in [5.41, 5.74) is 1.61. The first-order chi connectivity index (χ1) is 16.6. The standard InChI is InChI=1S/C34H58/c1-5-7-9-14-18-34(33-16-12-10-13-17-33)28(4)32-25-23-31(24-26-32)27(3)30-21-19-29(20-22-30)15-11-8-6-2/h10,12-13,16-17,27-32,34H,5-9,11,14-15,18-26H2,1-4H3. The van der Waals surface area contributed by atoms with Gasteiger partial charge >= 0.3 is 0 Å². The van der Waals surface area contributed by atoms with Crippen LogP contribution in [0.3, 0.4) is 0 Å². The van der Waals surface area contributed by atoms with Crippen LogP contribution < -0.4 is 0 Å². The summed E-state index contributed by atoms with van der Waals surface area (Å²) in [6.45, 7) is 9.90. The van der Waals surface area contributed by atoms with E-state index in [2.05, 4.69) is 58.0 Å². The molecule has 0 aromatic heterocycles. The maximum Gasteiger partial charge on any atom is -0.0134 e. The molecule has 0 spiro atoms. The summed E-state index contributed by atoms with van der Waals surface area (Å²) in [6.07, 6.45) is 24.9. The van der Waals surface area contributed by atoms with Gasteiger partial charge in [-0.25, -0.2) is 0 Å². The molecule has 0 amide bonds. The third kappa shape index (κ3) is 8.41. The van der Waals surface area contributed by atoms with Crippen molar-refractivity contribution >= 4 is 0 Å². The average molecular weight is 467 g/mol. The SMILES string of the molecule is CCCCCCC(c1ccccc1)C(C)C1CCC(C(C)C2CCC(CCCCC)CC2)CC1. The molecule has 0 nitrogen and oxygen atoms in total. The normalized spacial score (nSPS) is 28.4. The van der Waals surface area contributed by atoms with E-state index in [0.29, 0.717) is 0 Å². The zero-order valence-corrected chi connectivity index (χ0v) is 23.4. The fraction of sp³-hybridized carbons (Fsp3) is 0.824. The first kappa shape index (κ1) is 27.8. The van der Waals surface area contributed by atoms with Gasteiger partial charge in [0.1, 0.15) is 0 Å². The molecule has 3 unspecified atom stereocenters. The van der Waals surface area contributed by atoms with Gasteiger partial charge in [-0.3, -0.25) is 0 Å². The number of unbranched alkanes of at least 4 members (excludes halogenated alkanes) is 5. The minimum Gasteiger partial charge on any atom is -0.0654 e. The Hall–Kier alpha value is -0.780. The van der Waals surface area contributed by atoms with E-state index in [4.69, 9.17) is 0 Å². The molecule has 0 saturated heterocycles. The van der Waals surface area contributed by atoms with Gasteiger partial charge in [0, 0.05) is 0 Å². The van der Waals surface area contributed by atoms with Crippen LogP contribution in [0.2, 0.25) is 0 Å². The highest BCUT2D eigenvalue weighted by Crippen LogP contribution is 2.46. The summed E-state index contributed by atoms with van der Waals surface area (Å²) >= 11 is 0. The van der Waals surface area contributed by atoms with E-state index in [1.807, 2.05) is 0 Å². The molecule has 0 aliphatic heterocycles. The number of benzene rings is 1. The molecule has 0 radical (unpaired) electrons. The Morgan fingerprint density at radius 1 is 0.647 bits per heavy atom. The van der Waals surface area contributed by atoms with E-state index in [1.165, 1.54) is 109 Å². The lowest BCUT2D eigenvalue weighted by Crippen LogP contribution is -2.31. The zero-order valence-electron chi connectivity index (χ0n) is 23.4.